The molecule has 1 saturated heterocycles. The van der Waals surface area contributed by atoms with E-state index in [-0.39, 0.29) is 23.7 Å². The molecule has 1 amide bonds. The molecule has 128 valence electrons. The molecule has 1 fully saturated rings. The predicted octanol–water partition coefficient (Wildman–Crippen LogP) is 2.41. The van der Waals surface area contributed by atoms with Gasteiger partial charge in [0.05, 0.1) is 6.10 Å². The number of carbonyl (C=O) groups is 1. The van der Waals surface area contributed by atoms with Crippen molar-refractivity contribution in [3.63, 3.8) is 0 Å². The molecule has 4 heteroatoms. The van der Waals surface area contributed by atoms with Gasteiger partial charge in [-0.15, -0.1) is 0 Å². The number of amides is 1. The van der Waals surface area contributed by atoms with Crippen molar-refractivity contribution in [1.82, 2.24) is 5.32 Å². The molecule has 2 rings (SSSR count). The highest BCUT2D eigenvalue weighted by molar-refractivity contribution is 5.79. The molecule has 0 spiro atoms. The van der Waals surface area contributed by atoms with Gasteiger partial charge in [0.15, 0.2) is 0 Å². The highest BCUT2D eigenvalue weighted by Gasteiger charge is 2.26. The first-order valence-corrected chi connectivity index (χ1v) is 8.65. The van der Waals surface area contributed by atoms with Crippen LogP contribution < -0.4 is 5.32 Å². The number of hydrogen-bond acceptors (Lipinski definition) is 3. The Labute approximate surface area is 139 Å². The smallest absolute Gasteiger partial charge is 0.223 e. The van der Waals surface area contributed by atoms with Gasteiger partial charge in [-0.2, -0.15) is 0 Å². The van der Waals surface area contributed by atoms with Crippen molar-refractivity contribution < 1.29 is 14.6 Å². The summed E-state index contributed by atoms with van der Waals surface area (Å²) in [5.74, 6) is 0.459. The van der Waals surface area contributed by atoms with Crippen molar-refractivity contribution in [2.75, 3.05) is 19.8 Å². The largest absolute Gasteiger partial charge is 0.391 e. The van der Waals surface area contributed by atoms with Gasteiger partial charge in [0.25, 0.3) is 0 Å². The van der Waals surface area contributed by atoms with E-state index in [2.05, 4.69) is 31.3 Å². The van der Waals surface area contributed by atoms with Crippen molar-refractivity contribution in [2.45, 2.75) is 39.2 Å². The average Bonchev–Trinajstić information content (AvgIpc) is 2.58. The molecule has 2 N–H and O–H groups in total. The highest BCUT2D eigenvalue weighted by Crippen LogP contribution is 2.20. The number of nitrogens with one attached hydrogen (secondary N) is 1. The van der Waals surface area contributed by atoms with E-state index in [1.807, 2.05) is 18.2 Å². The van der Waals surface area contributed by atoms with Crippen molar-refractivity contribution >= 4 is 5.91 Å². The quantitative estimate of drug-likeness (QED) is 0.811. The maximum atomic E-state index is 12.5. The van der Waals surface area contributed by atoms with E-state index in [1.54, 1.807) is 0 Å². The second kappa shape index (κ2) is 9.04. The van der Waals surface area contributed by atoms with Crippen molar-refractivity contribution in [3.8, 4) is 0 Å². The van der Waals surface area contributed by atoms with Crippen LogP contribution in [-0.2, 0) is 16.0 Å². The first-order chi connectivity index (χ1) is 11.1. The summed E-state index contributed by atoms with van der Waals surface area (Å²) >= 11 is 0. The number of carbonyl (C=O) groups excluding carboxylic acids is 1. The Hall–Kier alpha value is -1.39. The maximum Gasteiger partial charge on any atom is 0.223 e. The molecule has 1 aliphatic rings. The Bertz CT molecular complexity index is 469. The lowest BCUT2D eigenvalue weighted by Gasteiger charge is -2.28. The monoisotopic (exact) mass is 319 g/mol. The first-order valence-electron chi connectivity index (χ1n) is 8.65. The van der Waals surface area contributed by atoms with E-state index < -0.39 is 6.10 Å². The zero-order chi connectivity index (χ0) is 16.7. The van der Waals surface area contributed by atoms with Crippen LogP contribution in [0.4, 0.5) is 0 Å². The summed E-state index contributed by atoms with van der Waals surface area (Å²) < 4.78 is 5.31. The third-order valence-electron chi connectivity index (χ3n) is 4.74. The highest BCUT2D eigenvalue weighted by atomic mass is 16.5. The van der Waals surface area contributed by atoms with Crippen molar-refractivity contribution in [3.05, 3.63) is 35.9 Å². The van der Waals surface area contributed by atoms with Gasteiger partial charge in [-0.25, -0.2) is 0 Å². The summed E-state index contributed by atoms with van der Waals surface area (Å²) in [4.78, 5) is 12.5. The van der Waals surface area contributed by atoms with Crippen LogP contribution >= 0.6 is 0 Å². The summed E-state index contributed by atoms with van der Waals surface area (Å²) in [5.41, 5.74) is 1.17. The molecule has 0 unspecified atom stereocenters. The topological polar surface area (TPSA) is 58.6 Å². The number of rotatable bonds is 7. The number of aliphatic hydroxyl groups is 1. The van der Waals surface area contributed by atoms with Gasteiger partial charge in [-0.3, -0.25) is 4.79 Å². The standard InChI is InChI=1S/C19H29NO3/c1-14(2)17(12-15-6-4-3-5-7-15)19(22)20-13-18(21)16-8-10-23-11-9-16/h3-7,14,16-18,21H,8-13H2,1-2H3,(H,20,22)/t17-,18-/m0/s1. The van der Waals surface area contributed by atoms with Crippen LogP contribution in [0.5, 0.6) is 0 Å². The lowest BCUT2D eigenvalue weighted by atomic mass is 9.88. The molecule has 2 atom stereocenters. The minimum atomic E-state index is -0.479. The SMILES string of the molecule is CC(C)[C@H](Cc1ccccc1)C(=O)NC[C@H](O)C1CCOCC1. The van der Waals surface area contributed by atoms with Gasteiger partial charge in [0.1, 0.15) is 0 Å². The predicted molar refractivity (Wildman–Crippen MR) is 91.0 cm³/mol. The molecule has 0 saturated carbocycles. The molecule has 1 aliphatic heterocycles. The van der Waals surface area contributed by atoms with Crippen molar-refractivity contribution in [2.24, 2.45) is 17.8 Å². The van der Waals surface area contributed by atoms with Gasteiger partial charge in [-0.05, 0) is 36.7 Å². The van der Waals surface area contributed by atoms with Crippen LogP contribution in [0, 0.1) is 17.8 Å². The van der Waals surface area contributed by atoms with Gasteiger partial charge >= 0.3 is 0 Å². The van der Waals surface area contributed by atoms with Gasteiger partial charge < -0.3 is 15.2 Å². The summed E-state index contributed by atoms with van der Waals surface area (Å²) in [5, 5.41) is 13.2. The third-order valence-corrected chi connectivity index (χ3v) is 4.74. The van der Waals surface area contributed by atoms with Crippen LogP contribution in [0.25, 0.3) is 0 Å². The van der Waals surface area contributed by atoms with Crippen molar-refractivity contribution in [1.29, 1.82) is 0 Å². The molecule has 1 heterocycles. The molecule has 4 nitrogen and oxygen atoms in total. The lowest BCUT2D eigenvalue weighted by molar-refractivity contribution is -0.127. The maximum absolute atomic E-state index is 12.5. The normalized spacial score (nSPS) is 18.6. The fourth-order valence-corrected chi connectivity index (χ4v) is 3.10. The Morgan fingerprint density at radius 3 is 2.52 bits per heavy atom. The Balaban J connectivity index is 1.85. The first kappa shape index (κ1) is 18.0. The zero-order valence-electron chi connectivity index (χ0n) is 14.2. The Morgan fingerprint density at radius 2 is 1.91 bits per heavy atom. The fourth-order valence-electron chi connectivity index (χ4n) is 3.10. The molecule has 1 aromatic carbocycles. The number of aliphatic hydroxyl groups excluding tert-OH is 1. The van der Waals surface area contributed by atoms with Crippen LogP contribution in [0.15, 0.2) is 30.3 Å². The molecule has 0 aliphatic carbocycles. The second-order valence-corrected chi connectivity index (χ2v) is 6.80. The van der Waals surface area contributed by atoms with E-state index >= 15 is 0 Å². The van der Waals surface area contributed by atoms with Crippen LogP contribution in [0.3, 0.4) is 0 Å². The average molecular weight is 319 g/mol. The summed E-state index contributed by atoms with van der Waals surface area (Å²) in [6.45, 7) is 5.89. The summed E-state index contributed by atoms with van der Waals surface area (Å²) in [6, 6.07) is 10.1. The van der Waals surface area contributed by atoms with E-state index in [1.165, 1.54) is 5.56 Å². The molecular formula is C19H29NO3. The summed E-state index contributed by atoms with van der Waals surface area (Å²) in [6.07, 6.45) is 1.99. The molecule has 0 bridgehead atoms. The third kappa shape index (κ3) is 5.63. The Kier molecular flexibility index (Phi) is 7.06. The van der Waals surface area contributed by atoms with Crippen LogP contribution in [0.1, 0.15) is 32.3 Å². The van der Waals surface area contributed by atoms with Crippen LogP contribution in [0.2, 0.25) is 0 Å². The summed E-state index contributed by atoms with van der Waals surface area (Å²) in [7, 11) is 0. The number of benzene rings is 1. The van der Waals surface area contributed by atoms with E-state index in [0.29, 0.717) is 19.8 Å². The zero-order valence-corrected chi connectivity index (χ0v) is 14.2. The van der Waals surface area contributed by atoms with E-state index in [0.717, 1.165) is 19.3 Å². The molecule has 0 aromatic heterocycles. The van der Waals surface area contributed by atoms with Gasteiger partial charge in [0.2, 0.25) is 5.91 Å². The minimum Gasteiger partial charge on any atom is -0.391 e. The Morgan fingerprint density at radius 1 is 1.26 bits per heavy atom. The molecular weight excluding hydrogens is 290 g/mol. The van der Waals surface area contributed by atoms with E-state index in [4.69, 9.17) is 4.74 Å². The number of ether oxygens (including phenoxy) is 1. The van der Waals surface area contributed by atoms with E-state index in [9.17, 15) is 9.90 Å². The number of hydrogen-bond donors (Lipinski definition) is 2. The van der Waals surface area contributed by atoms with Crippen LogP contribution in [-0.4, -0.2) is 36.9 Å². The molecule has 1 aromatic rings. The molecule has 0 radical (unpaired) electrons. The molecule has 23 heavy (non-hydrogen) atoms. The minimum absolute atomic E-state index is 0.0370. The lowest BCUT2D eigenvalue weighted by Crippen LogP contribution is -2.42. The van der Waals surface area contributed by atoms with Gasteiger partial charge in [-0.1, -0.05) is 44.2 Å². The fraction of sp³-hybridized carbons (Fsp3) is 0.632. The van der Waals surface area contributed by atoms with Gasteiger partial charge in [0, 0.05) is 25.7 Å². The second-order valence-electron chi connectivity index (χ2n) is 6.80.